The average molecular weight is 727 g/mol. The van der Waals surface area contributed by atoms with Gasteiger partial charge < -0.3 is 19.1 Å². The van der Waals surface area contributed by atoms with Gasteiger partial charge in [-0.3, -0.25) is 14.7 Å². The molecule has 0 saturated carbocycles. The van der Waals surface area contributed by atoms with Crippen LogP contribution in [0.5, 0.6) is 6.01 Å². The van der Waals surface area contributed by atoms with E-state index in [2.05, 4.69) is 29.9 Å². The first-order valence-electron chi connectivity index (χ1n) is 17.8. The number of fused-ring (bicyclic) bond motifs is 5. The largest absolute Gasteiger partial charge is 0.461 e. The van der Waals surface area contributed by atoms with E-state index in [0.717, 1.165) is 31.2 Å². The van der Waals surface area contributed by atoms with E-state index in [9.17, 15) is 9.18 Å². The van der Waals surface area contributed by atoms with E-state index in [4.69, 9.17) is 25.8 Å². The molecule has 0 aliphatic carbocycles. The number of amides is 1. The number of ether oxygens (including phenoxy) is 1. The molecule has 10 rings (SSSR count). The number of halogens is 3. The number of anilines is 1. The summed E-state index contributed by atoms with van der Waals surface area (Å²) in [5.41, 5.74) is 0.312. The molecule has 0 radical (unpaired) electrons. The van der Waals surface area contributed by atoms with Crippen LogP contribution >= 0.6 is 11.6 Å². The fourth-order valence-electron chi connectivity index (χ4n) is 8.54. The normalized spacial score (nSPS) is 24.4. The molecule has 5 aliphatic rings. The van der Waals surface area contributed by atoms with Crippen molar-refractivity contribution in [3.63, 3.8) is 0 Å². The van der Waals surface area contributed by atoms with Crippen molar-refractivity contribution in [3.8, 4) is 17.3 Å². The minimum absolute atomic E-state index is 0.0270. The summed E-state index contributed by atoms with van der Waals surface area (Å²) < 4.78 is 43.0. The van der Waals surface area contributed by atoms with Crippen LogP contribution in [-0.2, 0) is 4.79 Å². The lowest BCUT2D eigenvalue weighted by molar-refractivity contribution is -0.128. The Morgan fingerprint density at radius 3 is 2.73 bits per heavy atom. The van der Waals surface area contributed by atoms with Gasteiger partial charge in [-0.15, -0.1) is 0 Å². The molecule has 4 atom stereocenters. The van der Waals surface area contributed by atoms with Gasteiger partial charge in [-0.25, -0.2) is 8.78 Å². The molecule has 5 aromatic rings. The maximum absolute atomic E-state index is 16.9. The molecule has 2 aromatic carbocycles. The predicted molar refractivity (Wildman–Crippen MR) is 192 cm³/mol. The Hall–Kier alpha value is -4.75. The van der Waals surface area contributed by atoms with Crippen molar-refractivity contribution in [2.45, 2.75) is 69.2 Å². The number of carbonyl (C=O) groups is 1. The van der Waals surface area contributed by atoms with Gasteiger partial charge in [0.15, 0.2) is 11.6 Å². The number of piperidine rings is 1. The molecule has 268 valence electrons. The molecule has 0 spiro atoms. The Bertz CT molecular complexity index is 2230. The number of hydrogen-bond donors (Lipinski definition) is 0. The van der Waals surface area contributed by atoms with Crippen LogP contribution in [0.25, 0.3) is 39.0 Å². The lowest BCUT2D eigenvalue weighted by atomic mass is 9.87. The third kappa shape index (κ3) is 5.56. The highest BCUT2D eigenvalue weighted by Gasteiger charge is 2.50. The Kier molecular flexibility index (Phi) is 8.11. The van der Waals surface area contributed by atoms with Crippen LogP contribution in [0.15, 0.2) is 53.2 Å². The fourth-order valence-corrected chi connectivity index (χ4v) is 8.83. The number of carbonyl (C=O) groups excluding carboxylic acids is 1. The van der Waals surface area contributed by atoms with E-state index in [-0.39, 0.29) is 53.6 Å². The average Bonchev–Trinajstić information content (AvgIpc) is 3.85. The van der Waals surface area contributed by atoms with Crippen LogP contribution in [0.4, 0.5) is 14.6 Å². The molecule has 52 heavy (non-hydrogen) atoms. The lowest BCUT2D eigenvalue weighted by Gasteiger charge is -2.56. The zero-order valence-electron chi connectivity index (χ0n) is 28.8. The number of pyridine rings is 1. The highest BCUT2D eigenvalue weighted by atomic mass is 35.5. The summed E-state index contributed by atoms with van der Waals surface area (Å²) in [6, 6.07) is 11.0. The molecular weight excluding hydrogens is 690 g/mol. The first-order chi connectivity index (χ1) is 25.2. The van der Waals surface area contributed by atoms with Crippen LogP contribution in [-0.4, -0.2) is 97.4 Å². The smallest absolute Gasteiger partial charge is 0.319 e. The molecule has 2 bridgehead atoms. The van der Waals surface area contributed by atoms with Crippen molar-refractivity contribution in [3.05, 3.63) is 71.2 Å². The van der Waals surface area contributed by atoms with Crippen LogP contribution < -0.4 is 9.64 Å². The Morgan fingerprint density at radius 2 is 1.94 bits per heavy atom. The summed E-state index contributed by atoms with van der Waals surface area (Å²) in [7, 11) is 0. The third-order valence-electron chi connectivity index (χ3n) is 11.1. The maximum atomic E-state index is 16.9. The molecule has 5 aliphatic heterocycles. The van der Waals surface area contributed by atoms with Gasteiger partial charge in [0.25, 0.3) is 5.89 Å². The van der Waals surface area contributed by atoms with Gasteiger partial charge >= 0.3 is 6.01 Å². The lowest BCUT2D eigenvalue weighted by Crippen LogP contribution is -2.70. The van der Waals surface area contributed by atoms with E-state index in [1.165, 1.54) is 12.2 Å². The maximum Gasteiger partial charge on any atom is 0.319 e. The highest BCUT2D eigenvalue weighted by molar-refractivity contribution is 6.36. The number of aromatic nitrogens is 5. The molecule has 5 saturated heterocycles. The van der Waals surface area contributed by atoms with Crippen molar-refractivity contribution in [2.24, 2.45) is 0 Å². The topological polar surface area (TPSA) is 114 Å². The summed E-state index contributed by atoms with van der Waals surface area (Å²) in [5.74, 6) is 0.694. The predicted octanol–water partition coefficient (Wildman–Crippen LogP) is 6.60. The molecule has 5 fully saturated rings. The molecular formula is C38H37ClF2N8O3. The standard InChI is InChI=1S/C38H37ClF2N8O3/c1-21(2)35-43-29(52-46-35)10-11-30(50)47-18-24-14-25(19-47)49(24)36-27-16-42-33(26-8-3-6-22-7-4-9-28(39)31(22)26)32(41)34(27)44-37(45-36)51-20-38-12-5-13-48(38)17-23(40)15-38/h3-4,6-11,16,21,23-25H,5,12-15,17-20H2,1-2H3/b11-10+/t23-,24?,25?,38+/m1/s1. The van der Waals surface area contributed by atoms with Gasteiger partial charge in [0, 0.05) is 66.3 Å². The van der Waals surface area contributed by atoms with Crippen molar-refractivity contribution in [1.82, 2.24) is 34.9 Å². The molecule has 8 heterocycles. The summed E-state index contributed by atoms with van der Waals surface area (Å²) in [6.45, 7) is 6.24. The van der Waals surface area contributed by atoms with Crippen LogP contribution in [0.2, 0.25) is 5.02 Å². The summed E-state index contributed by atoms with van der Waals surface area (Å²) in [4.78, 5) is 37.8. The Labute approximate surface area is 303 Å². The second-order valence-corrected chi connectivity index (χ2v) is 15.1. The van der Waals surface area contributed by atoms with Gasteiger partial charge in [0.05, 0.1) is 23.0 Å². The first-order valence-corrected chi connectivity index (χ1v) is 18.2. The van der Waals surface area contributed by atoms with Crippen molar-refractivity contribution in [1.29, 1.82) is 0 Å². The zero-order chi connectivity index (χ0) is 35.7. The van der Waals surface area contributed by atoms with Gasteiger partial charge in [-0.2, -0.15) is 15.0 Å². The van der Waals surface area contributed by atoms with Crippen LogP contribution in [0.3, 0.4) is 0 Å². The summed E-state index contributed by atoms with van der Waals surface area (Å²) in [5, 5.41) is 6.44. The minimum atomic E-state index is -0.916. The molecule has 1 amide bonds. The highest BCUT2D eigenvalue weighted by Crippen LogP contribution is 2.44. The van der Waals surface area contributed by atoms with Crippen molar-refractivity contribution >= 4 is 51.1 Å². The zero-order valence-corrected chi connectivity index (χ0v) is 29.6. The number of piperazine rings is 1. The van der Waals surface area contributed by atoms with E-state index in [1.54, 1.807) is 23.2 Å². The number of benzene rings is 2. The molecule has 11 nitrogen and oxygen atoms in total. The minimum Gasteiger partial charge on any atom is -0.461 e. The van der Waals surface area contributed by atoms with Gasteiger partial charge in [-0.05, 0) is 37.3 Å². The second-order valence-electron chi connectivity index (χ2n) is 14.7. The SMILES string of the molecule is CC(C)c1noc(/C=C/C(=O)N2CC3CC(C2)N3c2nc(OC[C@@]34CCCN3C[C@H](F)C4)nc3c(F)c(-c4cccc5cccc(Cl)c45)ncc23)n1. The number of hydrogen-bond acceptors (Lipinski definition) is 10. The van der Waals surface area contributed by atoms with E-state index < -0.39 is 17.5 Å². The van der Waals surface area contributed by atoms with E-state index in [0.29, 0.717) is 59.1 Å². The summed E-state index contributed by atoms with van der Waals surface area (Å²) >= 11 is 6.63. The number of nitrogens with zero attached hydrogens (tertiary/aromatic N) is 8. The monoisotopic (exact) mass is 726 g/mol. The van der Waals surface area contributed by atoms with E-state index in [1.807, 2.05) is 38.1 Å². The molecule has 3 aromatic heterocycles. The fraction of sp³-hybridized carbons (Fsp3) is 0.421. The summed E-state index contributed by atoms with van der Waals surface area (Å²) in [6.07, 6.45) is 6.70. The van der Waals surface area contributed by atoms with Gasteiger partial charge in [0.2, 0.25) is 5.91 Å². The number of alkyl halides is 1. The molecule has 0 N–H and O–H groups in total. The van der Waals surface area contributed by atoms with Crippen LogP contribution in [0, 0.1) is 5.82 Å². The Balaban J connectivity index is 1.05. The van der Waals surface area contributed by atoms with E-state index >= 15 is 4.39 Å². The Morgan fingerprint density at radius 1 is 1.13 bits per heavy atom. The van der Waals surface area contributed by atoms with Gasteiger partial charge in [-0.1, -0.05) is 60.9 Å². The molecule has 2 unspecified atom stereocenters. The quantitative estimate of drug-likeness (QED) is 0.162. The van der Waals surface area contributed by atoms with Crippen LogP contribution in [0.1, 0.15) is 57.2 Å². The number of rotatable bonds is 8. The third-order valence-corrected chi connectivity index (χ3v) is 11.4. The van der Waals surface area contributed by atoms with Crippen molar-refractivity contribution in [2.75, 3.05) is 37.7 Å². The van der Waals surface area contributed by atoms with Gasteiger partial charge in [0.1, 0.15) is 29.8 Å². The first kappa shape index (κ1) is 33.1. The van der Waals surface area contributed by atoms with Crippen molar-refractivity contribution < 1.29 is 22.8 Å². The molecule has 14 heteroatoms. The second kappa shape index (κ2) is 12.7.